The summed E-state index contributed by atoms with van der Waals surface area (Å²) in [6.07, 6.45) is 5.24. The minimum atomic E-state index is -4.59. The number of nitrogens with zero attached hydrogens (tertiary/aromatic N) is 8. The lowest BCUT2D eigenvalue weighted by Gasteiger charge is -2.11. The molecule has 0 bridgehead atoms. The van der Waals surface area contributed by atoms with Crippen molar-refractivity contribution in [3.05, 3.63) is 149 Å². The van der Waals surface area contributed by atoms with E-state index in [0.29, 0.717) is 56.8 Å². The average molecular weight is 802 g/mol. The van der Waals surface area contributed by atoms with Crippen LogP contribution in [0.2, 0.25) is 5.02 Å². The van der Waals surface area contributed by atoms with Crippen LogP contribution in [0.15, 0.2) is 116 Å². The number of carbonyl (C=O) groups excluding carboxylic acids is 1. The number of benzene rings is 3. The lowest BCUT2D eigenvalue weighted by atomic mass is 10.0. The van der Waals surface area contributed by atoms with Crippen LogP contribution < -0.4 is 15.2 Å². The van der Waals surface area contributed by atoms with E-state index < -0.39 is 16.8 Å². The summed E-state index contributed by atoms with van der Waals surface area (Å²) in [4.78, 5) is 21.0. The molecule has 0 amide bonds. The maximum atomic E-state index is 13.1. The van der Waals surface area contributed by atoms with E-state index in [1.54, 1.807) is 108 Å². The summed E-state index contributed by atoms with van der Waals surface area (Å²) in [6.45, 7) is 0. The Kier molecular flexibility index (Phi) is 12.1. The number of Topliss-reactive ketones (excluding diaryl/α,β-unsaturated/α-hetero) is 1. The third kappa shape index (κ3) is 9.84. The van der Waals surface area contributed by atoms with E-state index in [1.165, 1.54) is 12.3 Å². The number of pyridine rings is 2. The van der Waals surface area contributed by atoms with Gasteiger partial charge in [-0.05, 0) is 59.7 Å². The Morgan fingerprint density at radius 1 is 0.741 bits per heavy atom. The quantitative estimate of drug-likeness (QED) is 0.132. The first-order valence-electron chi connectivity index (χ1n) is 17.2. The summed E-state index contributed by atoms with van der Waals surface area (Å²) in [5, 5.41) is 27.0. The van der Waals surface area contributed by atoms with Crippen LogP contribution in [0.5, 0.6) is 23.0 Å². The maximum absolute atomic E-state index is 13.1. The Hall–Kier alpha value is -7.49. The molecule has 0 spiro atoms. The highest BCUT2D eigenvalue weighted by molar-refractivity contribution is 6.31. The van der Waals surface area contributed by atoms with Crippen molar-refractivity contribution >= 4 is 23.1 Å². The number of aromatic nitrogens is 6. The van der Waals surface area contributed by atoms with E-state index in [-0.39, 0.29) is 29.8 Å². The monoisotopic (exact) mass is 801 g/mol. The second-order valence-corrected chi connectivity index (χ2v) is 13.1. The van der Waals surface area contributed by atoms with Gasteiger partial charge in [-0.3, -0.25) is 24.1 Å². The van der Waals surface area contributed by atoms with Crippen LogP contribution in [0.1, 0.15) is 27.8 Å². The minimum absolute atomic E-state index is 0.0358. The number of carbonyl (C=O) groups is 1. The molecule has 0 radical (unpaired) electrons. The van der Waals surface area contributed by atoms with Gasteiger partial charge in [-0.25, -0.2) is 0 Å². The number of nitriles is 2. The predicted octanol–water partition coefficient (Wildman–Crippen LogP) is 8.90. The summed E-state index contributed by atoms with van der Waals surface area (Å²) >= 11 is 5.64. The number of halogens is 4. The lowest BCUT2D eigenvalue weighted by Crippen LogP contribution is -2.10. The van der Waals surface area contributed by atoms with Crippen molar-refractivity contribution in [3.63, 3.8) is 0 Å². The van der Waals surface area contributed by atoms with Gasteiger partial charge in [-0.1, -0.05) is 29.8 Å². The Labute approximate surface area is 335 Å². The van der Waals surface area contributed by atoms with Gasteiger partial charge in [0.25, 0.3) is 0 Å². The number of nitrogen functional groups attached to an aromatic ring is 1. The molecule has 2 N–H and O–H groups in total. The fraction of sp³-hybridized carbons (Fsp3) is 0.119. The van der Waals surface area contributed by atoms with Crippen LogP contribution in [0.4, 0.5) is 18.9 Å². The molecule has 0 saturated heterocycles. The standard InChI is InChI=1S/C26H18ClF3N4O2.C16H13N5O/c1-34-15-18(14-33-34)25-21(13-31)24(8-9-32-25)36-20-5-2-16(3-6-20)10-19(35)11-17-4-7-23(27)22(12-17)26(28,29)30;1-21-10-11(9-20-21)16-14(8-17)15(6-7-19-16)22-13-4-2-12(18)3-5-13/h2-9,12,14-15H,10-11H2,1H3;2-7,9-10H,18H2,1H3. The normalized spacial score (nSPS) is 10.8. The summed E-state index contributed by atoms with van der Waals surface area (Å²) in [5.41, 5.74) is 9.31. The fourth-order valence-electron chi connectivity index (χ4n) is 5.68. The first-order chi connectivity index (χ1) is 27.8. The van der Waals surface area contributed by atoms with Gasteiger partial charge in [0.1, 0.15) is 52.0 Å². The highest BCUT2D eigenvalue weighted by atomic mass is 35.5. The van der Waals surface area contributed by atoms with E-state index >= 15 is 0 Å². The Morgan fingerprint density at radius 3 is 1.66 bits per heavy atom. The molecule has 7 aromatic rings. The van der Waals surface area contributed by atoms with E-state index in [1.807, 2.05) is 7.05 Å². The maximum Gasteiger partial charge on any atom is 0.417 e. The molecule has 3 aromatic carbocycles. The van der Waals surface area contributed by atoms with Crippen molar-refractivity contribution in [2.75, 3.05) is 5.73 Å². The molecule has 4 heterocycles. The molecule has 4 aromatic heterocycles. The fourth-order valence-corrected chi connectivity index (χ4v) is 5.91. The molecule has 58 heavy (non-hydrogen) atoms. The van der Waals surface area contributed by atoms with Crippen LogP contribution in [-0.4, -0.2) is 35.3 Å². The first kappa shape index (κ1) is 40.2. The van der Waals surface area contributed by atoms with Crippen molar-refractivity contribution in [1.82, 2.24) is 29.5 Å². The molecule has 0 fully saturated rings. The van der Waals surface area contributed by atoms with Crippen molar-refractivity contribution in [3.8, 4) is 57.7 Å². The topological polar surface area (TPSA) is 171 Å². The molecule has 0 atom stereocenters. The predicted molar refractivity (Wildman–Crippen MR) is 209 cm³/mol. The molecule has 0 unspecified atom stereocenters. The largest absolute Gasteiger partial charge is 0.456 e. The zero-order valence-corrected chi connectivity index (χ0v) is 31.5. The molecule has 16 heteroatoms. The second-order valence-electron chi connectivity index (χ2n) is 12.7. The number of hydrogen-bond acceptors (Lipinski definition) is 10. The smallest absolute Gasteiger partial charge is 0.417 e. The number of alkyl halides is 3. The van der Waals surface area contributed by atoms with Gasteiger partial charge in [0.15, 0.2) is 0 Å². The highest BCUT2D eigenvalue weighted by Gasteiger charge is 2.33. The number of hydrogen-bond donors (Lipinski definition) is 1. The van der Waals surface area contributed by atoms with E-state index in [9.17, 15) is 28.5 Å². The molecule has 7 rings (SSSR count). The van der Waals surface area contributed by atoms with Crippen LogP contribution in [0, 0.1) is 22.7 Å². The zero-order chi connectivity index (χ0) is 41.4. The summed E-state index contributed by atoms with van der Waals surface area (Å²) in [7, 11) is 3.57. The zero-order valence-electron chi connectivity index (χ0n) is 30.8. The number of anilines is 1. The summed E-state index contributed by atoms with van der Waals surface area (Å²) < 4.78 is 54.1. The van der Waals surface area contributed by atoms with Crippen LogP contribution in [0.3, 0.4) is 0 Å². The van der Waals surface area contributed by atoms with Gasteiger partial charge in [0.05, 0.1) is 34.4 Å². The average Bonchev–Trinajstić information content (AvgIpc) is 3.84. The van der Waals surface area contributed by atoms with Crippen molar-refractivity contribution in [2.45, 2.75) is 19.0 Å². The van der Waals surface area contributed by atoms with Gasteiger partial charge >= 0.3 is 6.18 Å². The number of ether oxygens (including phenoxy) is 2. The van der Waals surface area contributed by atoms with Crippen molar-refractivity contribution in [1.29, 1.82) is 10.5 Å². The third-order valence-corrected chi connectivity index (χ3v) is 8.73. The van der Waals surface area contributed by atoms with Gasteiger partial charge in [-0.15, -0.1) is 0 Å². The Bertz CT molecular complexity index is 2660. The van der Waals surface area contributed by atoms with Gasteiger partial charge in [0, 0.05) is 80.7 Å². The minimum Gasteiger partial charge on any atom is -0.456 e. The molecular formula is C42H31ClF3N9O3. The second kappa shape index (κ2) is 17.5. The van der Waals surface area contributed by atoms with E-state index in [0.717, 1.165) is 17.7 Å². The number of ketones is 1. The molecule has 0 aliphatic carbocycles. The summed E-state index contributed by atoms with van der Waals surface area (Å²) in [6, 6.07) is 24.6. The molecule has 290 valence electrons. The van der Waals surface area contributed by atoms with Crippen LogP contribution in [0.25, 0.3) is 22.5 Å². The van der Waals surface area contributed by atoms with E-state index in [2.05, 4.69) is 32.3 Å². The Morgan fingerprint density at radius 2 is 1.21 bits per heavy atom. The van der Waals surface area contributed by atoms with Crippen molar-refractivity contribution < 1.29 is 27.4 Å². The van der Waals surface area contributed by atoms with Gasteiger partial charge in [0.2, 0.25) is 0 Å². The SMILES string of the molecule is Cn1cc(-c2nccc(Oc3ccc(CC(=O)Cc4ccc(Cl)c(C(F)(F)F)c4)cc3)c2C#N)cn1.Cn1cc(-c2nccc(Oc3ccc(N)cc3)c2C#N)cn1. The number of aryl methyl sites for hydroxylation is 2. The first-order valence-corrected chi connectivity index (χ1v) is 17.6. The number of rotatable bonds is 10. The van der Waals surface area contributed by atoms with Gasteiger partial charge in [-0.2, -0.15) is 33.9 Å². The van der Waals surface area contributed by atoms with Crippen LogP contribution in [-0.2, 0) is 37.9 Å². The number of nitrogens with two attached hydrogens (primary N) is 1. The van der Waals surface area contributed by atoms with Crippen LogP contribution >= 0.6 is 11.6 Å². The molecule has 0 saturated carbocycles. The molecule has 12 nitrogen and oxygen atoms in total. The lowest BCUT2D eigenvalue weighted by molar-refractivity contribution is -0.137. The van der Waals surface area contributed by atoms with Gasteiger partial charge < -0.3 is 15.2 Å². The Balaban J connectivity index is 0.000000220. The third-order valence-electron chi connectivity index (χ3n) is 8.40. The highest BCUT2D eigenvalue weighted by Crippen LogP contribution is 2.36. The molecule has 0 aliphatic rings. The summed E-state index contributed by atoms with van der Waals surface area (Å²) in [5.74, 6) is 1.56. The van der Waals surface area contributed by atoms with Crippen molar-refractivity contribution in [2.24, 2.45) is 14.1 Å². The molecular weight excluding hydrogens is 771 g/mol. The molecule has 0 aliphatic heterocycles. The van der Waals surface area contributed by atoms with E-state index in [4.69, 9.17) is 26.8 Å².